The largest absolute Gasteiger partial charge is 0.398 e. The first kappa shape index (κ1) is 15.3. The van der Waals surface area contributed by atoms with Crippen LogP contribution >= 0.6 is 34.8 Å². The summed E-state index contributed by atoms with van der Waals surface area (Å²) in [6.45, 7) is 0. The van der Waals surface area contributed by atoms with E-state index in [-0.39, 0.29) is 20.6 Å². The summed E-state index contributed by atoms with van der Waals surface area (Å²) < 4.78 is 26.8. The first-order chi connectivity index (χ1) is 9.29. The Kier molecular flexibility index (Phi) is 4.34. The average Bonchev–Trinajstić information content (AvgIpc) is 2.36. The van der Waals surface area contributed by atoms with Gasteiger partial charge < -0.3 is 5.73 Å². The van der Waals surface area contributed by atoms with Gasteiger partial charge in [0.25, 0.3) is 10.0 Å². The van der Waals surface area contributed by atoms with Crippen molar-refractivity contribution in [3.63, 3.8) is 0 Å². The highest BCUT2D eigenvalue weighted by Crippen LogP contribution is 2.29. The fourth-order valence-electron chi connectivity index (χ4n) is 1.45. The maximum absolute atomic E-state index is 12.2. The number of nitrogen functional groups attached to an aromatic ring is 1. The minimum Gasteiger partial charge on any atom is -0.398 e. The van der Waals surface area contributed by atoms with Crippen LogP contribution in [-0.4, -0.2) is 8.42 Å². The van der Waals surface area contributed by atoms with Crippen molar-refractivity contribution in [1.29, 1.82) is 0 Å². The molecule has 20 heavy (non-hydrogen) atoms. The van der Waals surface area contributed by atoms with Gasteiger partial charge in [0.05, 0.1) is 26.3 Å². The number of sulfonamides is 1. The number of anilines is 2. The normalized spacial score (nSPS) is 11.3. The molecule has 3 N–H and O–H groups in total. The van der Waals surface area contributed by atoms with E-state index in [9.17, 15) is 8.42 Å². The van der Waals surface area contributed by atoms with Gasteiger partial charge in [-0.05, 0) is 36.4 Å². The van der Waals surface area contributed by atoms with Gasteiger partial charge in [0.15, 0.2) is 0 Å². The van der Waals surface area contributed by atoms with Crippen LogP contribution in [0, 0.1) is 0 Å². The zero-order chi connectivity index (χ0) is 14.9. The fraction of sp³-hybridized carbons (Fsp3) is 0. The first-order valence-corrected chi connectivity index (χ1v) is 7.94. The summed E-state index contributed by atoms with van der Waals surface area (Å²) in [6, 6.07) is 8.48. The standard InChI is InChI=1S/C12H9Cl3N2O2S/c13-7-1-4-12(10(15)5-7)17-20(18,19)8-2-3-11(16)9(14)6-8/h1-6,17H,16H2. The third-order valence-electron chi connectivity index (χ3n) is 2.46. The van der Waals surface area contributed by atoms with Crippen molar-refractivity contribution in [1.82, 2.24) is 0 Å². The van der Waals surface area contributed by atoms with E-state index in [2.05, 4.69) is 4.72 Å². The summed E-state index contributed by atoms with van der Waals surface area (Å²) in [7, 11) is -3.81. The fourth-order valence-corrected chi connectivity index (χ4v) is 3.31. The molecular weight excluding hydrogens is 343 g/mol. The molecule has 0 heterocycles. The minimum atomic E-state index is -3.81. The number of benzene rings is 2. The van der Waals surface area contributed by atoms with Crippen LogP contribution in [0.15, 0.2) is 41.3 Å². The molecule has 0 radical (unpaired) electrons. The number of hydrogen-bond acceptors (Lipinski definition) is 3. The smallest absolute Gasteiger partial charge is 0.261 e. The van der Waals surface area contributed by atoms with E-state index < -0.39 is 10.0 Å². The molecule has 0 unspecified atom stereocenters. The van der Waals surface area contributed by atoms with E-state index >= 15 is 0 Å². The highest BCUT2D eigenvalue weighted by atomic mass is 35.5. The molecule has 0 saturated carbocycles. The van der Waals surface area contributed by atoms with Crippen molar-refractivity contribution in [3.05, 3.63) is 51.5 Å². The van der Waals surface area contributed by atoms with Gasteiger partial charge >= 0.3 is 0 Å². The highest BCUT2D eigenvalue weighted by Gasteiger charge is 2.17. The zero-order valence-corrected chi connectivity index (χ0v) is 13.0. The Balaban J connectivity index is 2.38. The maximum Gasteiger partial charge on any atom is 0.261 e. The van der Waals surface area contributed by atoms with E-state index in [4.69, 9.17) is 40.5 Å². The summed E-state index contributed by atoms with van der Waals surface area (Å²) in [4.78, 5) is -0.0114. The van der Waals surface area contributed by atoms with Crippen molar-refractivity contribution < 1.29 is 8.42 Å². The molecule has 8 heteroatoms. The van der Waals surface area contributed by atoms with E-state index in [1.807, 2.05) is 0 Å². The topological polar surface area (TPSA) is 72.2 Å². The second-order valence-electron chi connectivity index (χ2n) is 3.91. The van der Waals surface area contributed by atoms with Crippen molar-refractivity contribution >= 4 is 56.2 Å². The van der Waals surface area contributed by atoms with E-state index in [0.29, 0.717) is 10.7 Å². The zero-order valence-electron chi connectivity index (χ0n) is 9.90. The Morgan fingerprint density at radius 2 is 1.65 bits per heavy atom. The highest BCUT2D eigenvalue weighted by molar-refractivity contribution is 7.92. The Morgan fingerprint density at radius 1 is 0.950 bits per heavy atom. The van der Waals surface area contributed by atoms with Crippen LogP contribution in [0.3, 0.4) is 0 Å². The van der Waals surface area contributed by atoms with Crippen molar-refractivity contribution in [3.8, 4) is 0 Å². The lowest BCUT2D eigenvalue weighted by Gasteiger charge is -2.10. The monoisotopic (exact) mass is 350 g/mol. The number of hydrogen-bond donors (Lipinski definition) is 2. The molecule has 4 nitrogen and oxygen atoms in total. The molecule has 0 aliphatic carbocycles. The third kappa shape index (κ3) is 3.30. The Labute approximate surface area is 131 Å². The Hall–Kier alpha value is -1.14. The molecular formula is C12H9Cl3N2O2S. The second-order valence-corrected chi connectivity index (χ2v) is 6.85. The first-order valence-electron chi connectivity index (χ1n) is 5.32. The molecule has 0 spiro atoms. The van der Waals surface area contributed by atoms with Gasteiger partial charge in [0, 0.05) is 5.02 Å². The van der Waals surface area contributed by atoms with Crippen LogP contribution in [0.4, 0.5) is 11.4 Å². The number of nitrogens with two attached hydrogens (primary N) is 1. The van der Waals surface area contributed by atoms with Gasteiger partial charge in [0.2, 0.25) is 0 Å². The van der Waals surface area contributed by atoms with E-state index in [0.717, 1.165) is 0 Å². The molecule has 0 fully saturated rings. The predicted molar refractivity (Wildman–Crippen MR) is 83.1 cm³/mol. The van der Waals surface area contributed by atoms with Crippen LogP contribution in [-0.2, 0) is 10.0 Å². The molecule has 0 aliphatic rings. The SMILES string of the molecule is Nc1ccc(S(=O)(=O)Nc2ccc(Cl)cc2Cl)cc1Cl. The van der Waals surface area contributed by atoms with Gasteiger partial charge in [-0.15, -0.1) is 0 Å². The van der Waals surface area contributed by atoms with Gasteiger partial charge in [-0.2, -0.15) is 0 Å². The lowest BCUT2D eigenvalue weighted by molar-refractivity contribution is 0.601. The summed E-state index contributed by atoms with van der Waals surface area (Å²) in [5.74, 6) is 0. The summed E-state index contributed by atoms with van der Waals surface area (Å²) in [6.07, 6.45) is 0. The minimum absolute atomic E-state index is 0.0114. The van der Waals surface area contributed by atoms with Crippen LogP contribution in [0.5, 0.6) is 0 Å². The lowest BCUT2D eigenvalue weighted by Crippen LogP contribution is -2.13. The molecule has 0 aliphatic heterocycles. The molecule has 0 bridgehead atoms. The van der Waals surface area contributed by atoms with Gasteiger partial charge in [-0.1, -0.05) is 34.8 Å². The molecule has 0 atom stereocenters. The third-order valence-corrected chi connectivity index (χ3v) is 4.70. The molecule has 2 aromatic carbocycles. The van der Waals surface area contributed by atoms with E-state index in [1.54, 1.807) is 0 Å². The van der Waals surface area contributed by atoms with Gasteiger partial charge in [0.1, 0.15) is 0 Å². The lowest BCUT2D eigenvalue weighted by atomic mass is 10.3. The molecule has 0 amide bonds. The molecule has 0 aromatic heterocycles. The quantitative estimate of drug-likeness (QED) is 0.820. The van der Waals surface area contributed by atoms with Gasteiger partial charge in [-0.25, -0.2) is 8.42 Å². The predicted octanol–water partition coefficient (Wildman–Crippen LogP) is 4.03. The molecule has 2 aromatic rings. The number of nitrogens with one attached hydrogen (secondary N) is 1. The number of halogens is 3. The van der Waals surface area contributed by atoms with Crippen molar-refractivity contribution in [2.75, 3.05) is 10.5 Å². The Bertz CT molecular complexity index is 763. The Morgan fingerprint density at radius 3 is 2.25 bits per heavy atom. The average molecular weight is 352 g/mol. The number of rotatable bonds is 3. The van der Waals surface area contributed by atoms with Crippen molar-refractivity contribution in [2.45, 2.75) is 4.90 Å². The van der Waals surface area contributed by atoms with Crippen LogP contribution in [0.1, 0.15) is 0 Å². The van der Waals surface area contributed by atoms with Crippen LogP contribution in [0.25, 0.3) is 0 Å². The summed E-state index contributed by atoms with van der Waals surface area (Å²) >= 11 is 17.5. The van der Waals surface area contributed by atoms with Crippen LogP contribution < -0.4 is 10.5 Å². The second kappa shape index (κ2) is 5.69. The summed E-state index contributed by atoms with van der Waals surface area (Å²) in [5, 5.41) is 0.770. The molecule has 2 rings (SSSR count). The van der Waals surface area contributed by atoms with E-state index in [1.165, 1.54) is 36.4 Å². The van der Waals surface area contributed by atoms with Crippen LogP contribution in [0.2, 0.25) is 15.1 Å². The molecule has 0 saturated heterocycles. The molecule has 106 valence electrons. The summed E-state index contributed by atoms with van der Waals surface area (Å²) in [5.41, 5.74) is 6.07. The maximum atomic E-state index is 12.2. The van der Waals surface area contributed by atoms with Gasteiger partial charge in [-0.3, -0.25) is 4.72 Å². The van der Waals surface area contributed by atoms with Crippen molar-refractivity contribution in [2.24, 2.45) is 0 Å².